The van der Waals surface area contributed by atoms with Crippen LogP contribution in [0.2, 0.25) is 0 Å². The number of nitrogens with two attached hydrogens (primary N) is 1. The van der Waals surface area contributed by atoms with E-state index < -0.39 is 11.8 Å². The molecule has 2 amide bonds. The monoisotopic (exact) mass is 481 g/mol. The molecule has 0 saturated carbocycles. The molecule has 9 heteroatoms. The molecular weight excluding hydrogens is 454 g/mol. The molecule has 0 atom stereocenters. The van der Waals surface area contributed by atoms with E-state index in [9.17, 15) is 9.59 Å². The Balaban J connectivity index is 1.60. The highest BCUT2D eigenvalue weighted by molar-refractivity contribution is 7.17. The first-order chi connectivity index (χ1) is 16.4. The first-order valence-electron chi connectivity index (χ1n) is 10.8. The van der Waals surface area contributed by atoms with E-state index >= 15 is 0 Å². The zero-order valence-corrected chi connectivity index (χ0v) is 20.2. The van der Waals surface area contributed by atoms with Crippen LogP contribution in [0.4, 0.5) is 5.00 Å². The zero-order valence-electron chi connectivity index (χ0n) is 19.3. The molecule has 178 valence electrons. The van der Waals surface area contributed by atoms with E-state index in [-0.39, 0.29) is 0 Å². The van der Waals surface area contributed by atoms with Crippen molar-refractivity contribution < 1.29 is 23.8 Å². The molecule has 1 aliphatic rings. The Morgan fingerprint density at radius 2 is 1.74 bits per heavy atom. The number of carbonyl (C=O) groups is 2. The highest BCUT2D eigenvalue weighted by Crippen LogP contribution is 2.40. The molecule has 4 rings (SSSR count). The lowest BCUT2D eigenvalue weighted by atomic mass is 10.0. The molecule has 1 aromatic heterocycles. The van der Waals surface area contributed by atoms with Gasteiger partial charge < -0.3 is 25.3 Å². The molecule has 0 spiro atoms. The van der Waals surface area contributed by atoms with Crippen molar-refractivity contribution in [3.05, 3.63) is 69.6 Å². The lowest BCUT2D eigenvalue weighted by Crippen LogP contribution is -2.30. The molecule has 0 fully saturated rings. The first-order valence-corrected chi connectivity index (χ1v) is 11.6. The molecule has 2 aromatic carbocycles. The molecule has 0 unspecified atom stereocenters. The van der Waals surface area contributed by atoms with Crippen molar-refractivity contribution >= 4 is 28.2 Å². The Kier molecular flexibility index (Phi) is 7.04. The Bertz CT molecular complexity index is 1180. The number of fused-ring (bicyclic) bond motifs is 1. The normalized spacial score (nSPS) is 13.1. The third-order valence-corrected chi connectivity index (χ3v) is 6.92. The smallest absolute Gasteiger partial charge is 0.256 e. The molecule has 0 bridgehead atoms. The van der Waals surface area contributed by atoms with Crippen molar-refractivity contribution in [2.75, 3.05) is 33.2 Å². The average molecular weight is 482 g/mol. The maximum atomic E-state index is 13.1. The minimum Gasteiger partial charge on any atom is -0.493 e. The second kappa shape index (κ2) is 10.1. The van der Waals surface area contributed by atoms with Crippen LogP contribution in [0.5, 0.6) is 17.2 Å². The predicted molar refractivity (Wildman–Crippen MR) is 131 cm³/mol. The van der Waals surface area contributed by atoms with Crippen LogP contribution in [-0.4, -0.2) is 44.6 Å². The number of hydrogen-bond acceptors (Lipinski definition) is 7. The van der Waals surface area contributed by atoms with Crippen molar-refractivity contribution in [1.82, 2.24) is 4.90 Å². The average Bonchev–Trinajstić information content (AvgIpc) is 3.20. The number of nitrogens with zero attached hydrogens (tertiary/aromatic N) is 1. The Labute approximate surface area is 202 Å². The summed E-state index contributed by atoms with van der Waals surface area (Å²) in [6.45, 7) is 2.31. The molecule has 0 radical (unpaired) electrons. The van der Waals surface area contributed by atoms with Crippen molar-refractivity contribution in [2.24, 2.45) is 5.73 Å². The largest absolute Gasteiger partial charge is 0.493 e. The van der Waals surface area contributed by atoms with E-state index in [1.54, 1.807) is 12.1 Å². The number of thiophene rings is 1. The number of ether oxygens (including phenoxy) is 3. The van der Waals surface area contributed by atoms with E-state index in [1.165, 1.54) is 38.2 Å². The van der Waals surface area contributed by atoms with Gasteiger partial charge in [-0.25, -0.2) is 0 Å². The highest BCUT2D eigenvalue weighted by Gasteiger charge is 2.28. The Morgan fingerprint density at radius 3 is 2.32 bits per heavy atom. The van der Waals surface area contributed by atoms with Gasteiger partial charge in [0.1, 0.15) is 5.00 Å². The number of amides is 2. The van der Waals surface area contributed by atoms with Crippen LogP contribution in [0.1, 0.15) is 36.7 Å². The van der Waals surface area contributed by atoms with E-state index in [0.29, 0.717) is 46.3 Å². The van der Waals surface area contributed by atoms with Crippen LogP contribution in [0.15, 0.2) is 42.5 Å². The summed E-state index contributed by atoms with van der Waals surface area (Å²) < 4.78 is 16.0. The Hall–Kier alpha value is -3.56. The molecule has 3 aromatic rings. The van der Waals surface area contributed by atoms with E-state index in [4.69, 9.17) is 19.9 Å². The summed E-state index contributed by atoms with van der Waals surface area (Å²) >= 11 is 1.39. The molecule has 2 heterocycles. The molecular formula is C25H27N3O5S. The quantitative estimate of drug-likeness (QED) is 0.509. The van der Waals surface area contributed by atoms with Gasteiger partial charge in [0.15, 0.2) is 11.5 Å². The minimum atomic E-state index is -0.547. The van der Waals surface area contributed by atoms with Crippen molar-refractivity contribution in [1.29, 1.82) is 0 Å². The Morgan fingerprint density at radius 1 is 1.06 bits per heavy atom. The SMILES string of the molecule is COc1cc(C(=O)Nc2sc3c(c2C(N)=O)CCN(Cc2ccccc2)C3)cc(OC)c1OC. The molecule has 34 heavy (non-hydrogen) atoms. The van der Waals surface area contributed by atoms with Gasteiger partial charge in [-0.15, -0.1) is 11.3 Å². The number of carbonyl (C=O) groups excluding carboxylic acids is 2. The number of methoxy groups -OCH3 is 3. The lowest BCUT2D eigenvalue weighted by molar-refractivity contribution is 0.0999. The van der Waals surface area contributed by atoms with Gasteiger partial charge in [0, 0.05) is 30.1 Å². The van der Waals surface area contributed by atoms with E-state index in [2.05, 4.69) is 22.3 Å². The molecule has 0 aliphatic carbocycles. The minimum absolute atomic E-state index is 0.307. The topological polar surface area (TPSA) is 103 Å². The summed E-state index contributed by atoms with van der Waals surface area (Å²) in [4.78, 5) is 28.8. The number of benzene rings is 2. The number of nitrogens with one attached hydrogen (secondary N) is 1. The summed E-state index contributed by atoms with van der Waals surface area (Å²) in [5, 5.41) is 3.33. The van der Waals surface area contributed by atoms with Gasteiger partial charge in [-0.3, -0.25) is 14.5 Å². The molecule has 0 saturated heterocycles. The van der Waals surface area contributed by atoms with Gasteiger partial charge in [0.05, 0.1) is 26.9 Å². The number of anilines is 1. The summed E-state index contributed by atoms with van der Waals surface area (Å²) in [5.41, 5.74) is 8.58. The maximum absolute atomic E-state index is 13.1. The van der Waals surface area contributed by atoms with Crippen LogP contribution < -0.4 is 25.3 Å². The van der Waals surface area contributed by atoms with Gasteiger partial charge >= 0.3 is 0 Å². The number of rotatable bonds is 8. The van der Waals surface area contributed by atoms with Crippen molar-refractivity contribution in [3.8, 4) is 17.2 Å². The van der Waals surface area contributed by atoms with Gasteiger partial charge in [-0.05, 0) is 29.7 Å². The van der Waals surface area contributed by atoms with Gasteiger partial charge in [-0.1, -0.05) is 30.3 Å². The van der Waals surface area contributed by atoms with Crippen LogP contribution in [0.3, 0.4) is 0 Å². The summed E-state index contributed by atoms with van der Waals surface area (Å²) in [5.74, 6) is 0.175. The van der Waals surface area contributed by atoms with Gasteiger partial charge in [0.2, 0.25) is 5.75 Å². The summed E-state index contributed by atoms with van der Waals surface area (Å²) in [6.07, 6.45) is 0.691. The van der Waals surface area contributed by atoms with Crippen LogP contribution in [0, 0.1) is 0 Å². The lowest BCUT2D eigenvalue weighted by Gasteiger charge is -2.27. The molecule has 1 aliphatic heterocycles. The highest BCUT2D eigenvalue weighted by atomic mass is 32.1. The van der Waals surface area contributed by atoms with Crippen LogP contribution in [-0.2, 0) is 19.5 Å². The first kappa shape index (κ1) is 23.6. The standard InChI is InChI=1S/C25H27N3O5S/c1-31-18-11-16(12-19(32-2)22(18)33-3)24(30)27-25-21(23(26)29)17-9-10-28(14-20(17)34-25)13-15-7-5-4-6-8-15/h4-8,11-12H,9-10,13-14H2,1-3H3,(H2,26,29)(H,27,30). The number of primary amides is 1. The fraction of sp³-hybridized carbons (Fsp3) is 0.280. The van der Waals surface area contributed by atoms with Crippen LogP contribution in [0.25, 0.3) is 0 Å². The zero-order chi connectivity index (χ0) is 24.2. The summed E-state index contributed by atoms with van der Waals surface area (Å²) in [6, 6.07) is 13.4. The van der Waals surface area contributed by atoms with E-state index in [0.717, 1.165) is 23.5 Å². The predicted octanol–water partition coefficient (Wildman–Crippen LogP) is 3.68. The second-order valence-electron chi connectivity index (χ2n) is 7.89. The third-order valence-electron chi connectivity index (χ3n) is 5.79. The van der Waals surface area contributed by atoms with Crippen molar-refractivity contribution in [3.63, 3.8) is 0 Å². The summed E-state index contributed by atoms with van der Waals surface area (Å²) in [7, 11) is 4.47. The van der Waals surface area contributed by atoms with Gasteiger partial charge in [-0.2, -0.15) is 0 Å². The molecule has 8 nitrogen and oxygen atoms in total. The fourth-order valence-electron chi connectivity index (χ4n) is 4.17. The molecule has 3 N–H and O–H groups in total. The van der Waals surface area contributed by atoms with Crippen LogP contribution >= 0.6 is 11.3 Å². The number of hydrogen-bond donors (Lipinski definition) is 2. The van der Waals surface area contributed by atoms with Gasteiger partial charge in [0.25, 0.3) is 11.8 Å². The maximum Gasteiger partial charge on any atom is 0.256 e. The second-order valence-corrected chi connectivity index (χ2v) is 8.99. The van der Waals surface area contributed by atoms with Crippen molar-refractivity contribution in [2.45, 2.75) is 19.5 Å². The fourth-order valence-corrected chi connectivity index (χ4v) is 5.46. The van der Waals surface area contributed by atoms with E-state index in [1.807, 2.05) is 18.2 Å². The third kappa shape index (κ3) is 4.71.